The lowest BCUT2D eigenvalue weighted by Gasteiger charge is -2.32. The molecule has 2 N–H and O–H groups in total. The van der Waals surface area contributed by atoms with Crippen molar-refractivity contribution in [3.05, 3.63) is 12.7 Å². The topological polar surface area (TPSA) is 78.9 Å². The summed E-state index contributed by atoms with van der Waals surface area (Å²) in [6.07, 6.45) is 3.19. The van der Waals surface area contributed by atoms with E-state index in [1.165, 1.54) is 6.33 Å². The van der Waals surface area contributed by atoms with Gasteiger partial charge in [-0.15, -0.1) is 0 Å². The molecule has 0 saturated heterocycles. The number of hydrogen-bond donors (Lipinski definition) is 1. The summed E-state index contributed by atoms with van der Waals surface area (Å²) in [4.78, 5) is 12.5. The highest BCUT2D eigenvalue weighted by molar-refractivity contribution is 5.81. The molecule has 0 aromatic carbocycles. The largest absolute Gasteiger partial charge is 0.382 e. The van der Waals surface area contributed by atoms with Crippen molar-refractivity contribution in [3.8, 4) is 0 Å². The number of aromatic nitrogens is 4. The van der Waals surface area contributed by atoms with E-state index in [-0.39, 0.29) is 11.6 Å². The monoisotopic (exact) mass is 249 g/mol. The minimum absolute atomic E-state index is 0.0942. The number of nitrogen functional groups attached to an aromatic ring is 1. The van der Waals surface area contributed by atoms with Crippen LogP contribution in [0.3, 0.4) is 0 Å². The molecule has 0 fully saturated rings. The molecule has 2 rings (SSSR count). The summed E-state index contributed by atoms with van der Waals surface area (Å²) >= 11 is 0. The van der Waals surface area contributed by atoms with Crippen LogP contribution in [-0.2, 0) is 4.74 Å². The fourth-order valence-electron chi connectivity index (χ4n) is 1.98. The second-order valence-electron chi connectivity index (χ2n) is 4.80. The van der Waals surface area contributed by atoms with E-state index in [2.05, 4.69) is 35.7 Å². The van der Waals surface area contributed by atoms with E-state index < -0.39 is 0 Å². The molecule has 0 spiro atoms. The van der Waals surface area contributed by atoms with Gasteiger partial charge in [0.1, 0.15) is 11.8 Å². The normalized spacial score (nSPS) is 14.0. The van der Waals surface area contributed by atoms with Crippen molar-refractivity contribution < 1.29 is 4.74 Å². The number of imidazole rings is 1. The van der Waals surface area contributed by atoms with Crippen molar-refractivity contribution in [1.82, 2.24) is 19.5 Å². The van der Waals surface area contributed by atoms with Crippen LogP contribution in [0, 0.1) is 0 Å². The average molecular weight is 249 g/mol. The Bertz CT molecular complexity index is 548. The first-order valence-corrected chi connectivity index (χ1v) is 6.04. The molecule has 2 aromatic rings. The van der Waals surface area contributed by atoms with Crippen molar-refractivity contribution in [1.29, 1.82) is 0 Å². The lowest BCUT2D eigenvalue weighted by Crippen LogP contribution is -2.34. The number of ether oxygens (including phenoxy) is 1. The van der Waals surface area contributed by atoms with Gasteiger partial charge in [0.2, 0.25) is 0 Å². The van der Waals surface area contributed by atoms with Crippen LogP contribution in [0.5, 0.6) is 0 Å². The summed E-state index contributed by atoms with van der Waals surface area (Å²) in [6.45, 7) is 8.84. The SMILES string of the molecule is CCOC(C)(C)C(C)n1cnc2c(N)ncnc21. The van der Waals surface area contributed by atoms with Gasteiger partial charge in [0.25, 0.3) is 0 Å². The average Bonchev–Trinajstić information content (AvgIpc) is 2.73. The van der Waals surface area contributed by atoms with E-state index in [1.807, 2.05) is 11.5 Å². The van der Waals surface area contributed by atoms with E-state index in [0.717, 1.165) is 5.65 Å². The van der Waals surface area contributed by atoms with Crippen LogP contribution in [0.25, 0.3) is 11.2 Å². The number of hydrogen-bond acceptors (Lipinski definition) is 5. The van der Waals surface area contributed by atoms with Crippen molar-refractivity contribution in [2.24, 2.45) is 0 Å². The van der Waals surface area contributed by atoms with E-state index in [0.29, 0.717) is 17.9 Å². The molecule has 0 bridgehead atoms. The Morgan fingerprint density at radius 3 is 2.78 bits per heavy atom. The van der Waals surface area contributed by atoms with Gasteiger partial charge in [0.15, 0.2) is 11.5 Å². The lowest BCUT2D eigenvalue weighted by atomic mass is 10.00. The molecule has 1 atom stereocenters. The third-order valence-electron chi connectivity index (χ3n) is 3.33. The maximum absolute atomic E-state index is 5.78. The van der Waals surface area contributed by atoms with E-state index in [9.17, 15) is 0 Å². The van der Waals surface area contributed by atoms with Crippen LogP contribution in [-0.4, -0.2) is 31.7 Å². The Kier molecular flexibility index (Phi) is 3.21. The summed E-state index contributed by atoms with van der Waals surface area (Å²) < 4.78 is 7.75. The molecule has 0 saturated carbocycles. The third-order valence-corrected chi connectivity index (χ3v) is 3.33. The van der Waals surface area contributed by atoms with Gasteiger partial charge < -0.3 is 15.0 Å². The molecular formula is C12H19N5O. The Labute approximate surface area is 106 Å². The number of fused-ring (bicyclic) bond motifs is 1. The highest BCUT2D eigenvalue weighted by Gasteiger charge is 2.29. The van der Waals surface area contributed by atoms with E-state index in [1.54, 1.807) is 6.33 Å². The molecule has 6 nitrogen and oxygen atoms in total. The molecule has 0 radical (unpaired) electrons. The van der Waals surface area contributed by atoms with Crippen LogP contribution in [0.2, 0.25) is 0 Å². The smallest absolute Gasteiger partial charge is 0.165 e. The summed E-state index contributed by atoms with van der Waals surface area (Å²) in [5.74, 6) is 0.403. The summed E-state index contributed by atoms with van der Waals surface area (Å²) in [6, 6.07) is 0.0942. The first kappa shape index (κ1) is 12.8. The first-order chi connectivity index (χ1) is 8.47. The fourth-order valence-corrected chi connectivity index (χ4v) is 1.98. The number of anilines is 1. The van der Waals surface area contributed by atoms with Crippen molar-refractivity contribution in [3.63, 3.8) is 0 Å². The Morgan fingerprint density at radius 2 is 2.11 bits per heavy atom. The Balaban J connectivity index is 2.45. The quantitative estimate of drug-likeness (QED) is 0.893. The summed E-state index contributed by atoms with van der Waals surface area (Å²) in [7, 11) is 0. The van der Waals surface area contributed by atoms with Gasteiger partial charge in [0, 0.05) is 6.61 Å². The van der Waals surface area contributed by atoms with Gasteiger partial charge in [-0.25, -0.2) is 15.0 Å². The highest BCUT2D eigenvalue weighted by Crippen LogP contribution is 2.28. The molecule has 98 valence electrons. The standard InChI is InChI=1S/C12H19N5O/c1-5-18-12(3,4)8(2)17-7-16-9-10(13)14-6-15-11(9)17/h6-8H,5H2,1-4H3,(H2,13,14,15). The molecule has 2 heterocycles. The van der Waals surface area contributed by atoms with Crippen molar-refractivity contribution >= 4 is 17.0 Å². The first-order valence-electron chi connectivity index (χ1n) is 6.04. The van der Waals surface area contributed by atoms with E-state index in [4.69, 9.17) is 10.5 Å². The minimum Gasteiger partial charge on any atom is -0.382 e. The molecule has 0 aliphatic carbocycles. The van der Waals surface area contributed by atoms with Crippen LogP contribution in [0.15, 0.2) is 12.7 Å². The molecule has 2 aromatic heterocycles. The predicted octanol–water partition coefficient (Wildman–Crippen LogP) is 1.78. The second kappa shape index (κ2) is 4.53. The summed E-state index contributed by atoms with van der Waals surface area (Å²) in [5.41, 5.74) is 6.85. The van der Waals surface area contributed by atoms with Crippen molar-refractivity contribution in [2.45, 2.75) is 39.3 Å². The minimum atomic E-state index is -0.303. The maximum atomic E-state index is 5.78. The molecule has 18 heavy (non-hydrogen) atoms. The molecule has 6 heteroatoms. The maximum Gasteiger partial charge on any atom is 0.165 e. The molecular weight excluding hydrogens is 230 g/mol. The zero-order valence-corrected chi connectivity index (χ0v) is 11.2. The van der Waals surface area contributed by atoms with Gasteiger partial charge in [0.05, 0.1) is 18.0 Å². The fraction of sp³-hybridized carbons (Fsp3) is 0.583. The lowest BCUT2D eigenvalue weighted by molar-refractivity contribution is -0.0433. The molecule has 1 unspecified atom stereocenters. The Morgan fingerprint density at radius 1 is 1.39 bits per heavy atom. The van der Waals surface area contributed by atoms with Crippen molar-refractivity contribution in [2.75, 3.05) is 12.3 Å². The van der Waals surface area contributed by atoms with Crippen LogP contribution in [0.1, 0.15) is 33.7 Å². The van der Waals surface area contributed by atoms with Gasteiger partial charge in [-0.3, -0.25) is 0 Å². The van der Waals surface area contributed by atoms with Crippen LogP contribution >= 0.6 is 0 Å². The Hall–Kier alpha value is -1.69. The van der Waals surface area contributed by atoms with Gasteiger partial charge in [-0.05, 0) is 27.7 Å². The van der Waals surface area contributed by atoms with Gasteiger partial charge in [-0.2, -0.15) is 0 Å². The predicted molar refractivity (Wildman–Crippen MR) is 70.2 cm³/mol. The molecule has 0 amide bonds. The zero-order valence-electron chi connectivity index (χ0n) is 11.2. The van der Waals surface area contributed by atoms with Gasteiger partial charge in [-0.1, -0.05) is 0 Å². The number of nitrogens with two attached hydrogens (primary N) is 1. The van der Waals surface area contributed by atoms with Gasteiger partial charge >= 0.3 is 0 Å². The van der Waals surface area contributed by atoms with E-state index >= 15 is 0 Å². The second-order valence-corrected chi connectivity index (χ2v) is 4.80. The summed E-state index contributed by atoms with van der Waals surface area (Å²) in [5, 5.41) is 0. The molecule has 0 aliphatic heterocycles. The van der Waals surface area contributed by atoms with Crippen LogP contribution in [0.4, 0.5) is 5.82 Å². The third kappa shape index (κ3) is 2.03. The van der Waals surface area contributed by atoms with Crippen LogP contribution < -0.4 is 5.73 Å². The zero-order chi connectivity index (χ0) is 13.3. The number of rotatable bonds is 4. The highest BCUT2D eigenvalue weighted by atomic mass is 16.5. The number of nitrogens with zero attached hydrogens (tertiary/aromatic N) is 4. The molecule has 0 aliphatic rings.